The zero-order valence-corrected chi connectivity index (χ0v) is 11.2. The third-order valence-corrected chi connectivity index (χ3v) is 4.06. The van der Waals surface area contributed by atoms with Crippen molar-refractivity contribution in [2.45, 2.75) is 31.3 Å². The van der Waals surface area contributed by atoms with Crippen molar-refractivity contribution in [1.82, 2.24) is 4.90 Å². The topological polar surface area (TPSA) is 41.3 Å². The SMILES string of the molecule is NC(=S)c1ccccc1NC1CCN(C2CC2)C1. The molecule has 2 fully saturated rings. The maximum Gasteiger partial charge on any atom is 0.106 e. The predicted molar refractivity (Wildman–Crippen MR) is 79.0 cm³/mol. The first kappa shape index (κ1) is 11.9. The smallest absolute Gasteiger partial charge is 0.106 e. The minimum atomic E-state index is 0.468. The minimum Gasteiger partial charge on any atom is -0.389 e. The monoisotopic (exact) mass is 261 g/mol. The molecule has 0 spiro atoms. The number of hydrogen-bond donors (Lipinski definition) is 2. The van der Waals surface area contributed by atoms with E-state index in [0.29, 0.717) is 11.0 Å². The fourth-order valence-electron chi connectivity index (χ4n) is 2.72. The quantitative estimate of drug-likeness (QED) is 0.813. The second kappa shape index (κ2) is 4.86. The van der Waals surface area contributed by atoms with Crippen molar-refractivity contribution >= 4 is 22.9 Å². The van der Waals surface area contributed by atoms with E-state index in [-0.39, 0.29) is 0 Å². The Hall–Kier alpha value is -1.13. The standard InChI is InChI=1S/C14H19N3S/c15-14(18)12-3-1-2-4-13(12)16-10-7-8-17(9-10)11-5-6-11/h1-4,10-11,16H,5-9H2,(H2,15,18). The lowest BCUT2D eigenvalue weighted by molar-refractivity contribution is 0.326. The molecular weight excluding hydrogens is 242 g/mol. The molecule has 1 aliphatic heterocycles. The summed E-state index contributed by atoms with van der Waals surface area (Å²) in [5.74, 6) is 0. The Morgan fingerprint density at radius 2 is 2.06 bits per heavy atom. The Balaban J connectivity index is 1.67. The molecule has 1 saturated heterocycles. The van der Waals surface area contributed by atoms with Crippen molar-refractivity contribution in [3.05, 3.63) is 29.8 Å². The number of likely N-dealkylation sites (tertiary alicyclic amines) is 1. The van der Waals surface area contributed by atoms with E-state index < -0.39 is 0 Å². The number of nitrogens with two attached hydrogens (primary N) is 1. The fourth-order valence-corrected chi connectivity index (χ4v) is 2.90. The second-order valence-corrected chi connectivity index (χ2v) is 5.71. The Kier molecular flexibility index (Phi) is 3.22. The molecule has 1 heterocycles. The van der Waals surface area contributed by atoms with Gasteiger partial charge < -0.3 is 11.1 Å². The molecule has 18 heavy (non-hydrogen) atoms. The largest absolute Gasteiger partial charge is 0.389 e. The number of para-hydroxylation sites is 1. The fraction of sp³-hybridized carbons (Fsp3) is 0.500. The van der Waals surface area contributed by atoms with E-state index in [4.69, 9.17) is 18.0 Å². The number of benzene rings is 1. The number of anilines is 1. The number of rotatable bonds is 4. The van der Waals surface area contributed by atoms with Crippen LogP contribution < -0.4 is 11.1 Å². The summed E-state index contributed by atoms with van der Waals surface area (Å²) in [6.45, 7) is 2.37. The zero-order valence-electron chi connectivity index (χ0n) is 10.4. The summed E-state index contributed by atoms with van der Waals surface area (Å²) in [5.41, 5.74) is 7.79. The summed E-state index contributed by atoms with van der Waals surface area (Å²) in [6, 6.07) is 9.44. The van der Waals surface area contributed by atoms with E-state index in [2.05, 4.69) is 16.3 Å². The van der Waals surface area contributed by atoms with E-state index in [1.807, 2.05) is 18.2 Å². The minimum absolute atomic E-state index is 0.468. The highest BCUT2D eigenvalue weighted by Gasteiger charge is 2.34. The normalized spacial score (nSPS) is 24.1. The first-order valence-electron chi connectivity index (χ1n) is 6.63. The third-order valence-electron chi connectivity index (χ3n) is 3.84. The van der Waals surface area contributed by atoms with Crippen molar-refractivity contribution in [1.29, 1.82) is 0 Å². The maximum atomic E-state index is 5.76. The molecule has 0 radical (unpaired) electrons. The first-order valence-corrected chi connectivity index (χ1v) is 7.04. The molecule has 1 atom stereocenters. The van der Waals surface area contributed by atoms with Crippen LogP contribution >= 0.6 is 12.2 Å². The van der Waals surface area contributed by atoms with Gasteiger partial charge in [-0.25, -0.2) is 0 Å². The maximum absolute atomic E-state index is 5.76. The molecule has 1 aliphatic carbocycles. The Morgan fingerprint density at radius 1 is 1.28 bits per heavy atom. The summed E-state index contributed by atoms with van der Waals surface area (Å²) in [4.78, 5) is 3.07. The van der Waals surface area contributed by atoms with Gasteiger partial charge in [-0.2, -0.15) is 0 Å². The molecule has 1 aromatic rings. The van der Waals surface area contributed by atoms with Crippen molar-refractivity contribution in [3.63, 3.8) is 0 Å². The molecule has 1 aromatic carbocycles. The molecule has 3 nitrogen and oxygen atoms in total. The van der Waals surface area contributed by atoms with E-state index in [0.717, 1.165) is 23.8 Å². The van der Waals surface area contributed by atoms with E-state index >= 15 is 0 Å². The molecule has 0 bridgehead atoms. The van der Waals surface area contributed by atoms with Crippen LogP contribution in [0.5, 0.6) is 0 Å². The number of thiocarbonyl (C=S) groups is 1. The molecule has 0 aromatic heterocycles. The number of hydrogen-bond acceptors (Lipinski definition) is 3. The van der Waals surface area contributed by atoms with Gasteiger partial charge in [0.25, 0.3) is 0 Å². The van der Waals surface area contributed by atoms with Crippen molar-refractivity contribution in [3.8, 4) is 0 Å². The summed E-state index contributed by atoms with van der Waals surface area (Å²) >= 11 is 5.09. The van der Waals surface area contributed by atoms with Gasteiger partial charge in [-0.1, -0.05) is 24.4 Å². The Bertz CT molecular complexity index is 456. The van der Waals surface area contributed by atoms with Gasteiger partial charge in [-0.15, -0.1) is 0 Å². The van der Waals surface area contributed by atoms with Crippen molar-refractivity contribution in [2.24, 2.45) is 5.73 Å². The van der Waals surface area contributed by atoms with Crippen LogP contribution in [0, 0.1) is 0 Å². The van der Waals surface area contributed by atoms with E-state index in [1.54, 1.807) is 0 Å². The Labute approximate surface area is 113 Å². The average molecular weight is 261 g/mol. The van der Waals surface area contributed by atoms with Gasteiger partial charge in [-0.3, -0.25) is 4.90 Å². The molecule has 3 N–H and O–H groups in total. The lowest BCUT2D eigenvalue weighted by Crippen LogP contribution is -2.28. The van der Waals surface area contributed by atoms with Gasteiger partial charge in [0.2, 0.25) is 0 Å². The average Bonchev–Trinajstić information content (AvgIpc) is 3.11. The molecule has 1 unspecified atom stereocenters. The van der Waals surface area contributed by atoms with E-state index in [1.165, 1.54) is 25.8 Å². The highest BCUT2D eigenvalue weighted by molar-refractivity contribution is 7.80. The van der Waals surface area contributed by atoms with Crippen LogP contribution in [0.15, 0.2) is 24.3 Å². The highest BCUT2D eigenvalue weighted by atomic mass is 32.1. The van der Waals surface area contributed by atoms with Crippen LogP contribution in [0.1, 0.15) is 24.8 Å². The van der Waals surface area contributed by atoms with Gasteiger partial charge >= 0.3 is 0 Å². The van der Waals surface area contributed by atoms with Crippen LogP contribution in [-0.2, 0) is 0 Å². The molecule has 0 amide bonds. The van der Waals surface area contributed by atoms with Crippen molar-refractivity contribution < 1.29 is 0 Å². The second-order valence-electron chi connectivity index (χ2n) is 5.27. The molecule has 2 aliphatic rings. The summed E-state index contributed by atoms with van der Waals surface area (Å²) in [5, 5.41) is 3.59. The van der Waals surface area contributed by atoms with Gasteiger partial charge in [0.1, 0.15) is 4.99 Å². The first-order chi connectivity index (χ1) is 8.74. The number of nitrogens with one attached hydrogen (secondary N) is 1. The van der Waals surface area contributed by atoms with Gasteiger partial charge in [0.05, 0.1) is 0 Å². The van der Waals surface area contributed by atoms with Crippen LogP contribution in [0.2, 0.25) is 0 Å². The Morgan fingerprint density at radius 3 is 2.78 bits per heavy atom. The van der Waals surface area contributed by atoms with Gasteiger partial charge in [-0.05, 0) is 31.4 Å². The molecule has 4 heteroatoms. The third kappa shape index (κ3) is 2.49. The van der Waals surface area contributed by atoms with E-state index in [9.17, 15) is 0 Å². The van der Waals surface area contributed by atoms with Crippen LogP contribution in [0.3, 0.4) is 0 Å². The lowest BCUT2D eigenvalue weighted by Gasteiger charge is -2.18. The highest BCUT2D eigenvalue weighted by Crippen LogP contribution is 2.30. The summed E-state index contributed by atoms with van der Waals surface area (Å²) < 4.78 is 0. The summed E-state index contributed by atoms with van der Waals surface area (Å²) in [7, 11) is 0. The predicted octanol–water partition coefficient (Wildman–Crippen LogP) is 1.97. The summed E-state index contributed by atoms with van der Waals surface area (Å²) in [6.07, 6.45) is 3.98. The van der Waals surface area contributed by atoms with Crippen molar-refractivity contribution in [2.75, 3.05) is 18.4 Å². The van der Waals surface area contributed by atoms with Crippen LogP contribution in [0.4, 0.5) is 5.69 Å². The lowest BCUT2D eigenvalue weighted by atomic mass is 10.1. The number of nitrogens with zero attached hydrogens (tertiary/aromatic N) is 1. The van der Waals surface area contributed by atoms with Crippen LogP contribution in [-0.4, -0.2) is 35.1 Å². The molecular formula is C14H19N3S. The van der Waals surface area contributed by atoms with Crippen LogP contribution in [0.25, 0.3) is 0 Å². The molecule has 1 saturated carbocycles. The van der Waals surface area contributed by atoms with Gasteiger partial charge in [0, 0.05) is 36.4 Å². The zero-order chi connectivity index (χ0) is 12.5. The molecule has 3 rings (SSSR count). The van der Waals surface area contributed by atoms with Gasteiger partial charge in [0.15, 0.2) is 0 Å². The molecule has 96 valence electrons.